The molecule has 0 saturated carbocycles. The Hall–Kier alpha value is -0.570. The fourth-order valence-electron chi connectivity index (χ4n) is 0.512. The van der Waals surface area contributed by atoms with Crippen molar-refractivity contribution in [1.82, 2.24) is 10.3 Å². The molecule has 0 bridgehead atoms. The fourth-order valence-corrected chi connectivity index (χ4v) is 0.512. The molecule has 1 aliphatic heterocycles. The zero-order chi connectivity index (χ0) is 5.11. The summed E-state index contributed by atoms with van der Waals surface area (Å²) in [6.45, 7) is 1.78. The first-order chi connectivity index (χ1) is 3.39. The Kier molecular flexibility index (Phi) is 1.26. The molecule has 0 amide bonds. The molecule has 1 rings (SSSR count). The second-order valence-corrected chi connectivity index (χ2v) is 1.57. The Bertz CT molecular complexity index is 79.0. The molecule has 0 aromatic heterocycles. The van der Waals surface area contributed by atoms with Crippen molar-refractivity contribution in [2.75, 3.05) is 20.3 Å². The van der Waals surface area contributed by atoms with E-state index in [-0.39, 0.29) is 0 Å². The lowest BCUT2D eigenvalue weighted by atomic mass is 10.7. The maximum Gasteiger partial charge on any atom is 0.0853 e. The Morgan fingerprint density at radius 3 is 3.00 bits per heavy atom. The van der Waals surface area contributed by atoms with Gasteiger partial charge in [-0.05, 0) is 0 Å². The number of nitrogens with one attached hydrogen (secondary N) is 1. The zero-order valence-electron chi connectivity index (χ0n) is 4.39. The third-order valence-corrected chi connectivity index (χ3v) is 0.855. The number of rotatable bonds is 0. The van der Waals surface area contributed by atoms with Crippen molar-refractivity contribution in [3.63, 3.8) is 0 Å². The number of nitrogens with zero attached hydrogens (tertiary/aromatic N) is 2. The van der Waals surface area contributed by atoms with Gasteiger partial charge in [-0.2, -0.15) is 5.10 Å². The quantitative estimate of drug-likeness (QED) is 0.442. The van der Waals surface area contributed by atoms with Gasteiger partial charge in [0.2, 0.25) is 0 Å². The second-order valence-electron chi connectivity index (χ2n) is 1.57. The Morgan fingerprint density at radius 2 is 2.71 bits per heavy atom. The third-order valence-electron chi connectivity index (χ3n) is 0.855. The molecule has 0 aliphatic carbocycles. The molecular weight excluding hydrogens is 90.1 g/mol. The molecule has 0 radical (unpaired) electrons. The van der Waals surface area contributed by atoms with Crippen LogP contribution in [0.25, 0.3) is 0 Å². The topological polar surface area (TPSA) is 27.6 Å². The summed E-state index contributed by atoms with van der Waals surface area (Å²) in [5.41, 5.74) is 0. The van der Waals surface area contributed by atoms with Gasteiger partial charge in [0.05, 0.1) is 6.67 Å². The lowest BCUT2D eigenvalue weighted by Gasteiger charge is -2.16. The van der Waals surface area contributed by atoms with Crippen LogP contribution in [-0.4, -0.2) is 31.5 Å². The van der Waals surface area contributed by atoms with E-state index in [1.807, 2.05) is 18.3 Å². The summed E-state index contributed by atoms with van der Waals surface area (Å²) < 4.78 is 0. The van der Waals surface area contributed by atoms with Crippen molar-refractivity contribution in [3.8, 4) is 0 Å². The van der Waals surface area contributed by atoms with E-state index in [2.05, 4.69) is 10.4 Å². The Labute approximate surface area is 43.0 Å². The van der Waals surface area contributed by atoms with E-state index in [4.69, 9.17) is 0 Å². The summed E-state index contributed by atoms with van der Waals surface area (Å²) in [6, 6.07) is 0. The number of hydrogen-bond donors (Lipinski definition) is 1. The van der Waals surface area contributed by atoms with Crippen molar-refractivity contribution in [2.45, 2.75) is 0 Å². The molecule has 0 unspecified atom stereocenters. The minimum atomic E-state index is 0.872. The van der Waals surface area contributed by atoms with E-state index in [9.17, 15) is 0 Å². The average Bonchev–Trinajstić information content (AvgIpc) is 1.69. The minimum absolute atomic E-state index is 0.872. The van der Waals surface area contributed by atoms with E-state index in [1.54, 1.807) is 0 Å². The lowest BCUT2D eigenvalue weighted by Crippen LogP contribution is -2.33. The van der Waals surface area contributed by atoms with E-state index in [0.717, 1.165) is 13.2 Å². The molecule has 0 saturated heterocycles. The van der Waals surface area contributed by atoms with Gasteiger partial charge in [-0.1, -0.05) is 0 Å². The van der Waals surface area contributed by atoms with Gasteiger partial charge in [0, 0.05) is 19.8 Å². The van der Waals surface area contributed by atoms with Gasteiger partial charge in [-0.15, -0.1) is 0 Å². The summed E-state index contributed by atoms with van der Waals surface area (Å²) in [6.07, 6.45) is 1.85. The molecule has 0 fully saturated rings. The summed E-state index contributed by atoms with van der Waals surface area (Å²) in [5.74, 6) is 0. The highest BCUT2D eigenvalue weighted by molar-refractivity contribution is 5.59. The molecule has 0 aromatic rings. The van der Waals surface area contributed by atoms with Gasteiger partial charge >= 0.3 is 0 Å². The number of hydrazone groups is 1. The van der Waals surface area contributed by atoms with Crippen molar-refractivity contribution < 1.29 is 0 Å². The maximum absolute atomic E-state index is 3.98. The highest BCUT2D eigenvalue weighted by Crippen LogP contribution is 1.80. The minimum Gasteiger partial charge on any atom is -0.294 e. The van der Waals surface area contributed by atoms with E-state index >= 15 is 0 Å². The number of hydrogen-bond acceptors (Lipinski definition) is 3. The first-order valence-electron chi connectivity index (χ1n) is 2.34. The van der Waals surface area contributed by atoms with Crippen LogP contribution in [0.4, 0.5) is 0 Å². The SMILES string of the molecule is CN1CNCC=N1. The van der Waals surface area contributed by atoms with Crippen LogP contribution in [0.3, 0.4) is 0 Å². The summed E-state index contributed by atoms with van der Waals surface area (Å²) >= 11 is 0. The molecule has 0 aromatic carbocycles. The van der Waals surface area contributed by atoms with Gasteiger partial charge in [0.15, 0.2) is 0 Å². The normalized spacial score (nSPS) is 20.4. The molecular formula is C4H9N3. The van der Waals surface area contributed by atoms with E-state index in [1.165, 1.54) is 0 Å². The molecule has 7 heavy (non-hydrogen) atoms. The van der Waals surface area contributed by atoms with Crippen molar-refractivity contribution in [2.24, 2.45) is 5.10 Å². The predicted octanol–water partition coefficient (Wildman–Crippen LogP) is -0.535. The first kappa shape index (κ1) is 4.59. The van der Waals surface area contributed by atoms with Crippen LogP contribution in [0, 0.1) is 0 Å². The van der Waals surface area contributed by atoms with Crippen LogP contribution in [0.2, 0.25) is 0 Å². The van der Waals surface area contributed by atoms with Crippen LogP contribution in [-0.2, 0) is 0 Å². The first-order valence-corrected chi connectivity index (χ1v) is 2.34. The molecule has 3 nitrogen and oxygen atoms in total. The summed E-state index contributed by atoms with van der Waals surface area (Å²) in [5, 5.41) is 8.94. The van der Waals surface area contributed by atoms with Gasteiger partial charge < -0.3 is 0 Å². The van der Waals surface area contributed by atoms with Gasteiger partial charge in [-0.25, -0.2) is 0 Å². The summed E-state index contributed by atoms with van der Waals surface area (Å²) in [7, 11) is 1.93. The second kappa shape index (κ2) is 1.93. The van der Waals surface area contributed by atoms with Gasteiger partial charge in [0.25, 0.3) is 0 Å². The standard InChI is InChI=1S/C4H9N3/c1-7-4-5-2-3-6-7/h3,5H,2,4H2,1H3. The maximum atomic E-state index is 3.98. The van der Waals surface area contributed by atoms with Crippen LogP contribution in [0.5, 0.6) is 0 Å². The molecule has 1 N–H and O–H groups in total. The summed E-state index contributed by atoms with van der Waals surface area (Å²) in [4.78, 5) is 0. The third kappa shape index (κ3) is 1.16. The van der Waals surface area contributed by atoms with Gasteiger partial charge in [-0.3, -0.25) is 10.3 Å². The molecule has 0 spiro atoms. The lowest BCUT2D eigenvalue weighted by molar-refractivity contribution is 0.318. The van der Waals surface area contributed by atoms with Crippen LogP contribution < -0.4 is 5.32 Å². The Morgan fingerprint density at radius 1 is 1.86 bits per heavy atom. The van der Waals surface area contributed by atoms with Gasteiger partial charge in [0.1, 0.15) is 0 Å². The van der Waals surface area contributed by atoms with Crippen LogP contribution in [0.1, 0.15) is 0 Å². The highest BCUT2D eigenvalue weighted by atomic mass is 15.5. The van der Waals surface area contributed by atoms with E-state index in [0.29, 0.717) is 0 Å². The smallest absolute Gasteiger partial charge is 0.0853 e. The predicted molar refractivity (Wildman–Crippen MR) is 29.1 cm³/mol. The molecule has 1 heterocycles. The molecule has 3 heteroatoms. The van der Waals surface area contributed by atoms with Crippen molar-refractivity contribution in [1.29, 1.82) is 0 Å². The van der Waals surface area contributed by atoms with Crippen LogP contribution >= 0.6 is 0 Å². The molecule has 40 valence electrons. The fraction of sp³-hybridized carbons (Fsp3) is 0.750. The Balaban J connectivity index is 2.36. The molecule has 1 aliphatic rings. The largest absolute Gasteiger partial charge is 0.294 e. The monoisotopic (exact) mass is 99.1 g/mol. The van der Waals surface area contributed by atoms with Crippen LogP contribution in [0.15, 0.2) is 5.10 Å². The van der Waals surface area contributed by atoms with E-state index < -0.39 is 0 Å². The van der Waals surface area contributed by atoms with Crippen molar-refractivity contribution >= 4 is 6.21 Å². The zero-order valence-corrected chi connectivity index (χ0v) is 4.39. The highest BCUT2D eigenvalue weighted by Gasteiger charge is 1.92. The molecule has 0 atom stereocenters. The average molecular weight is 99.1 g/mol. The van der Waals surface area contributed by atoms with Crippen molar-refractivity contribution in [3.05, 3.63) is 0 Å².